The fraction of sp³-hybridized carbons (Fsp3) is 0.224. The number of aryl methyl sites for hydroxylation is 6. The number of alkyl halides is 6. The van der Waals surface area contributed by atoms with Gasteiger partial charge in [-0.2, -0.15) is 46.5 Å². The molecule has 8 aromatic rings. The lowest BCUT2D eigenvalue weighted by Gasteiger charge is -2.15. The maximum atomic E-state index is 13.5. The number of aromatic nitrogens is 10. The van der Waals surface area contributed by atoms with Crippen molar-refractivity contribution in [2.45, 2.75) is 40.0 Å². The van der Waals surface area contributed by atoms with E-state index in [4.69, 9.17) is 9.47 Å². The Kier molecular flexibility index (Phi) is 15.7. The van der Waals surface area contributed by atoms with Crippen LogP contribution in [0.15, 0.2) is 95.0 Å². The molecule has 0 atom stereocenters. The first-order valence-corrected chi connectivity index (χ1v) is 24.4. The van der Waals surface area contributed by atoms with E-state index in [0.717, 1.165) is 60.1 Å². The normalized spacial score (nSPS) is 11.6. The number of carbonyl (C=O) groups excluding carboxylic acids is 1. The number of carboxylic acid groups (broad SMARTS) is 1. The van der Waals surface area contributed by atoms with Crippen LogP contribution in [0.3, 0.4) is 0 Å². The molecule has 4 N–H and O–H groups in total. The van der Waals surface area contributed by atoms with Crippen LogP contribution in [0.25, 0.3) is 33.9 Å². The monoisotopic (exact) mass is 1110 g/mol. The minimum absolute atomic E-state index is 0.000255. The van der Waals surface area contributed by atoms with Crippen molar-refractivity contribution in [3.8, 4) is 45.4 Å². The van der Waals surface area contributed by atoms with Crippen LogP contribution >= 0.6 is 0 Å². The van der Waals surface area contributed by atoms with Crippen molar-refractivity contribution in [1.29, 1.82) is 0 Å². The van der Waals surface area contributed by atoms with Gasteiger partial charge in [0.05, 0.1) is 20.5 Å². The van der Waals surface area contributed by atoms with Crippen LogP contribution in [-0.4, -0.2) is 94.5 Å². The van der Waals surface area contributed by atoms with E-state index in [1.165, 1.54) is 66.9 Å². The number of benzene rings is 2. The number of ether oxygens (including phenoxy) is 2. The Morgan fingerprint density at radius 3 is 1.37 bits per heavy atom. The molecule has 0 fully saturated rings. The number of nitrogens with one attached hydrogen (secondary N) is 3. The van der Waals surface area contributed by atoms with Crippen LogP contribution in [0.4, 0.5) is 49.6 Å². The third kappa shape index (κ3) is 12.8. The summed E-state index contributed by atoms with van der Waals surface area (Å²) in [7, 11) is 1.70. The van der Waals surface area contributed by atoms with Gasteiger partial charge < -0.3 is 34.3 Å². The molecule has 0 radical (unpaired) electrons. The highest BCUT2D eigenvalue weighted by Gasteiger charge is 2.36. The standard InChI is InChI=1S/C25H24F3N7O5S.C24H21F3N6O4/c1-13-6-16(10-17(7-13)40-4)30-24-29-11-19(21(31-24)35-14(2)8-20(32-35)25(26,27)28)15-9-18(23(37)34(3)12-15)22(36)33-41(5,38)39;1-12-5-15(9-16(6-12)37-4)29-23-28-10-18(14-8-17(22(35)36)21(34)32(3)11-14)20(30-23)33-13(2)7-19(31-33)24(25,26)27/h6-12H,1-5H3,(H,33,36)(H,29,30,31);5-11H,1-4H3,(H,35,36)(H,28,29,30). The molecule has 2 aromatic carbocycles. The number of carbonyl (C=O) groups is 2. The summed E-state index contributed by atoms with van der Waals surface area (Å²) < 4.78 is 120. The molecular formula is C49H45F6N13O9S. The van der Waals surface area contributed by atoms with Gasteiger partial charge >= 0.3 is 18.3 Å². The number of aromatic carboxylic acids is 1. The highest BCUT2D eigenvalue weighted by Crippen LogP contribution is 2.35. The van der Waals surface area contributed by atoms with E-state index in [1.807, 2.05) is 19.9 Å². The number of rotatable bonds is 13. The molecule has 22 nitrogen and oxygen atoms in total. The summed E-state index contributed by atoms with van der Waals surface area (Å²) in [6, 6.07) is 14.5. The number of anilines is 4. The molecule has 6 heterocycles. The number of amides is 1. The van der Waals surface area contributed by atoms with Crippen LogP contribution in [0, 0.1) is 27.7 Å². The molecule has 6 aromatic heterocycles. The zero-order chi connectivity index (χ0) is 57.3. The van der Waals surface area contributed by atoms with Gasteiger partial charge in [-0.15, -0.1) is 0 Å². The zero-order valence-electron chi connectivity index (χ0n) is 42.4. The smallest absolute Gasteiger partial charge is 0.435 e. The van der Waals surface area contributed by atoms with E-state index in [0.29, 0.717) is 22.9 Å². The lowest BCUT2D eigenvalue weighted by molar-refractivity contribution is -0.142. The molecular weight excluding hydrogens is 1060 g/mol. The predicted molar refractivity (Wildman–Crippen MR) is 270 cm³/mol. The van der Waals surface area contributed by atoms with E-state index in [-0.39, 0.29) is 57.2 Å². The first kappa shape index (κ1) is 56.3. The van der Waals surface area contributed by atoms with Gasteiger partial charge in [-0.1, -0.05) is 0 Å². The van der Waals surface area contributed by atoms with E-state index >= 15 is 0 Å². The Morgan fingerprint density at radius 2 is 1.01 bits per heavy atom. The number of halogens is 6. The summed E-state index contributed by atoms with van der Waals surface area (Å²) in [5, 5.41) is 22.8. The Hall–Kier alpha value is -9.41. The van der Waals surface area contributed by atoms with Gasteiger partial charge in [0.1, 0.15) is 22.6 Å². The van der Waals surface area contributed by atoms with Crippen molar-refractivity contribution in [3.63, 3.8) is 0 Å². The number of carboxylic acids is 1. The van der Waals surface area contributed by atoms with Gasteiger partial charge in [0.2, 0.25) is 21.9 Å². The lowest BCUT2D eigenvalue weighted by Crippen LogP contribution is -2.35. The molecule has 0 aliphatic carbocycles. The van der Waals surface area contributed by atoms with E-state index in [2.05, 4.69) is 40.8 Å². The molecule has 0 aliphatic heterocycles. The number of sulfonamides is 1. The van der Waals surface area contributed by atoms with Gasteiger partial charge in [0, 0.05) is 96.0 Å². The molecule has 0 aliphatic rings. The second-order valence-electron chi connectivity index (χ2n) is 17.4. The van der Waals surface area contributed by atoms with Gasteiger partial charge in [0.25, 0.3) is 17.0 Å². The quantitative estimate of drug-likeness (QED) is 0.0830. The van der Waals surface area contributed by atoms with Crippen LogP contribution in [0.1, 0.15) is 54.6 Å². The average molecular weight is 1110 g/mol. The van der Waals surface area contributed by atoms with Gasteiger partial charge in [0.15, 0.2) is 23.0 Å². The topological polar surface area (TPSA) is 274 Å². The van der Waals surface area contributed by atoms with Gasteiger partial charge in [-0.25, -0.2) is 37.3 Å². The molecule has 0 bridgehead atoms. The third-order valence-corrected chi connectivity index (χ3v) is 11.7. The number of methoxy groups -OCH3 is 2. The first-order valence-electron chi connectivity index (χ1n) is 22.5. The molecule has 0 saturated carbocycles. The van der Waals surface area contributed by atoms with Crippen LogP contribution < -0.4 is 35.9 Å². The first-order chi connectivity index (χ1) is 36.4. The van der Waals surface area contributed by atoms with Crippen molar-refractivity contribution in [2.75, 3.05) is 31.1 Å². The summed E-state index contributed by atoms with van der Waals surface area (Å²) >= 11 is 0. The molecule has 78 heavy (non-hydrogen) atoms. The molecule has 29 heteroatoms. The third-order valence-electron chi connectivity index (χ3n) is 11.1. The number of pyridine rings is 2. The summed E-state index contributed by atoms with van der Waals surface area (Å²) in [5.41, 5.74) is -1.26. The summed E-state index contributed by atoms with van der Waals surface area (Å²) in [6.45, 7) is 6.52. The van der Waals surface area contributed by atoms with E-state index in [1.54, 1.807) is 35.1 Å². The average Bonchev–Trinajstić information content (AvgIpc) is 3.97. The fourth-order valence-electron chi connectivity index (χ4n) is 7.64. The molecule has 0 spiro atoms. The highest BCUT2D eigenvalue weighted by molar-refractivity contribution is 7.89. The second-order valence-corrected chi connectivity index (χ2v) is 19.1. The van der Waals surface area contributed by atoms with E-state index < -0.39 is 67.9 Å². The van der Waals surface area contributed by atoms with E-state index in [9.17, 15) is 59.0 Å². The molecule has 0 unspecified atom stereocenters. The molecule has 8 rings (SSSR count). The lowest BCUT2D eigenvalue weighted by atomic mass is 10.1. The van der Waals surface area contributed by atoms with Crippen molar-refractivity contribution in [1.82, 2.24) is 53.4 Å². The number of nitrogens with zero attached hydrogens (tertiary/aromatic N) is 10. The van der Waals surface area contributed by atoms with Crippen molar-refractivity contribution < 1.29 is 58.9 Å². The minimum Gasteiger partial charge on any atom is -0.497 e. The largest absolute Gasteiger partial charge is 0.497 e. The Labute approximate surface area is 438 Å². The summed E-state index contributed by atoms with van der Waals surface area (Å²) in [5.74, 6) is -1.64. The summed E-state index contributed by atoms with van der Waals surface area (Å²) in [6.07, 6.45) is -3.44. The second kappa shape index (κ2) is 21.7. The maximum absolute atomic E-state index is 13.5. The number of hydrogen-bond acceptors (Lipinski definition) is 16. The SMILES string of the molecule is COc1cc(C)cc(Nc2ncc(-c3cc(C(=O)NS(C)(=O)=O)c(=O)n(C)c3)c(-n3nc(C(F)(F)F)cc3C)n2)c1.COc1cc(C)cc(Nc2ncc(-c3cc(C(=O)O)c(=O)n(C)c3)c(-n3nc(C(F)(F)F)cc3C)n2)c1. The van der Waals surface area contributed by atoms with Crippen LogP contribution in [0.5, 0.6) is 11.5 Å². The van der Waals surface area contributed by atoms with Crippen molar-refractivity contribution in [2.24, 2.45) is 14.1 Å². The zero-order valence-corrected chi connectivity index (χ0v) is 43.3. The highest BCUT2D eigenvalue weighted by atomic mass is 32.2. The Bertz CT molecular complexity index is 3910. The molecule has 408 valence electrons. The summed E-state index contributed by atoms with van der Waals surface area (Å²) in [4.78, 5) is 66.5. The minimum atomic E-state index is -4.74. The molecule has 0 saturated heterocycles. The Balaban J connectivity index is 0.000000227. The molecule has 1 amide bonds. The van der Waals surface area contributed by atoms with Gasteiger partial charge in [-0.05, 0) is 87.4 Å². The van der Waals surface area contributed by atoms with Gasteiger partial charge in [-0.3, -0.25) is 14.4 Å². The van der Waals surface area contributed by atoms with Crippen LogP contribution in [0.2, 0.25) is 0 Å². The maximum Gasteiger partial charge on any atom is 0.435 e. The number of hydrogen-bond donors (Lipinski definition) is 4. The van der Waals surface area contributed by atoms with Crippen LogP contribution in [-0.2, 0) is 36.5 Å². The van der Waals surface area contributed by atoms with Crippen molar-refractivity contribution in [3.05, 3.63) is 151 Å². The predicted octanol–water partition coefficient (Wildman–Crippen LogP) is 7.22. The fourth-order valence-corrected chi connectivity index (χ4v) is 8.09. The Morgan fingerprint density at radius 1 is 0.615 bits per heavy atom. The van der Waals surface area contributed by atoms with Crippen molar-refractivity contribution >= 4 is 45.2 Å².